The standard InChI is InChI=1S/C53H32N2/c1-3-13-35-29-39(23-21-33(35)11-1)51-42-16-5-6-17-43(42)52(40-24-22-34-12-2-4-14-36(34)30-40)47-32-38(25-27-44(47)51)37-26-28-45-46(31-37)41-15-7-9-19-49(41)55-50-20-10-8-18-48(50)54-53(45)55/h1-32H. The number of benzene rings is 10. The second kappa shape index (κ2) is 11.6. The third-order valence-corrected chi connectivity index (χ3v) is 11.7. The molecule has 55 heavy (non-hydrogen) atoms. The number of imidazole rings is 1. The van der Waals surface area contributed by atoms with Crippen LogP contribution in [-0.2, 0) is 0 Å². The summed E-state index contributed by atoms with van der Waals surface area (Å²) in [7, 11) is 0. The monoisotopic (exact) mass is 696 g/mol. The molecule has 254 valence electrons. The van der Waals surface area contributed by atoms with E-state index in [1.807, 2.05) is 0 Å². The van der Waals surface area contributed by atoms with Crippen LogP contribution in [0.4, 0.5) is 0 Å². The minimum atomic E-state index is 0.991. The number of fused-ring (bicyclic) bond motifs is 12. The third-order valence-electron chi connectivity index (χ3n) is 11.7. The SMILES string of the molecule is c1ccc2cc(-c3c4ccccc4c(-c4ccc5ccccc5c4)c4cc(-c5ccc6c(c5)c5ccccc5n5c7ccccc7nc65)ccc34)ccc2c1. The molecule has 12 aromatic rings. The first-order valence-electron chi connectivity index (χ1n) is 19.0. The van der Waals surface area contributed by atoms with E-state index in [-0.39, 0.29) is 0 Å². The van der Waals surface area contributed by atoms with Crippen LogP contribution in [0.15, 0.2) is 194 Å². The van der Waals surface area contributed by atoms with Gasteiger partial charge in [-0.1, -0.05) is 146 Å². The molecule has 0 saturated carbocycles. The van der Waals surface area contributed by atoms with Crippen molar-refractivity contribution in [1.29, 1.82) is 0 Å². The van der Waals surface area contributed by atoms with Gasteiger partial charge < -0.3 is 0 Å². The first kappa shape index (κ1) is 30.2. The van der Waals surface area contributed by atoms with Gasteiger partial charge in [-0.3, -0.25) is 4.40 Å². The molecule has 2 nitrogen and oxygen atoms in total. The lowest BCUT2D eigenvalue weighted by Gasteiger charge is -2.19. The molecule has 0 fully saturated rings. The van der Waals surface area contributed by atoms with Crippen molar-refractivity contribution < 1.29 is 0 Å². The maximum absolute atomic E-state index is 5.15. The molecule has 2 heteroatoms. The van der Waals surface area contributed by atoms with Crippen molar-refractivity contribution in [2.45, 2.75) is 0 Å². The summed E-state index contributed by atoms with van der Waals surface area (Å²) in [6.07, 6.45) is 0. The Balaban J connectivity index is 1.16. The number of hydrogen-bond donors (Lipinski definition) is 0. The van der Waals surface area contributed by atoms with E-state index in [0.29, 0.717) is 0 Å². The van der Waals surface area contributed by atoms with Gasteiger partial charge in [0, 0.05) is 10.8 Å². The van der Waals surface area contributed by atoms with Gasteiger partial charge in [-0.15, -0.1) is 0 Å². The molecule has 12 rings (SSSR count). The maximum Gasteiger partial charge on any atom is 0.146 e. The van der Waals surface area contributed by atoms with Gasteiger partial charge in [0.15, 0.2) is 0 Å². The molecule has 2 aromatic heterocycles. The average Bonchev–Trinajstić information content (AvgIpc) is 3.65. The van der Waals surface area contributed by atoms with E-state index in [9.17, 15) is 0 Å². The zero-order valence-corrected chi connectivity index (χ0v) is 29.9. The van der Waals surface area contributed by atoms with Crippen LogP contribution in [-0.4, -0.2) is 9.38 Å². The van der Waals surface area contributed by atoms with Gasteiger partial charge in [0.05, 0.1) is 16.6 Å². The lowest BCUT2D eigenvalue weighted by atomic mass is 9.84. The normalized spacial score (nSPS) is 12.0. The first-order chi connectivity index (χ1) is 27.3. The highest BCUT2D eigenvalue weighted by Gasteiger charge is 2.19. The molecule has 0 atom stereocenters. The van der Waals surface area contributed by atoms with Crippen molar-refractivity contribution >= 4 is 81.4 Å². The van der Waals surface area contributed by atoms with Crippen molar-refractivity contribution in [1.82, 2.24) is 9.38 Å². The second-order valence-corrected chi connectivity index (χ2v) is 14.7. The minimum absolute atomic E-state index is 0.991. The Morgan fingerprint density at radius 2 is 0.764 bits per heavy atom. The molecule has 0 aliphatic rings. The summed E-state index contributed by atoms with van der Waals surface area (Å²) in [5.74, 6) is 0. The molecule has 0 aliphatic carbocycles. The van der Waals surface area contributed by atoms with Crippen molar-refractivity contribution in [3.8, 4) is 33.4 Å². The van der Waals surface area contributed by atoms with E-state index in [0.717, 1.165) is 22.1 Å². The van der Waals surface area contributed by atoms with E-state index < -0.39 is 0 Å². The number of hydrogen-bond acceptors (Lipinski definition) is 1. The van der Waals surface area contributed by atoms with Crippen LogP contribution in [0.5, 0.6) is 0 Å². The largest absolute Gasteiger partial charge is 0.292 e. The highest BCUT2D eigenvalue weighted by molar-refractivity contribution is 6.23. The third kappa shape index (κ3) is 4.52. The van der Waals surface area contributed by atoms with Gasteiger partial charge in [-0.2, -0.15) is 0 Å². The summed E-state index contributed by atoms with van der Waals surface area (Å²) in [5, 5.41) is 13.6. The zero-order chi connectivity index (χ0) is 36.0. The Kier molecular flexibility index (Phi) is 6.37. The Morgan fingerprint density at radius 3 is 1.44 bits per heavy atom. The zero-order valence-electron chi connectivity index (χ0n) is 29.9. The molecule has 0 bridgehead atoms. The Bertz CT molecular complexity index is 3550. The van der Waals surface area contributed by atoms with Crippen LogP contribution in [0.25, 0.3) is 115 Å². The molecular weight excluding hydrogens is 665 g/mol. The van der Waals surface area contributed by atoms with Crippen molar-refractivity contribution in [3.63, 3.8) is 0 Å². The number of pyridine rings is 1. The predicted molar refractivity (Wildman–Crippen MR) is 234 cm³/mol. The van der Waals surface area contributed by atoms with Gasteiger partial charge in [0.1, 0.15) is 5.65 Å². The lowest BCUT2D eigenvalue weighted by molar-refractivity contribution is 1.31. The number of rotatable bonds is 3. The van der Waals surface area contributed by atoms with E-state index in [4.69, 9.17) is 4.98 Å². The average molecular weight is 697 g/mol. The molecule has 0 aliphatic heterocycles. The van der Waals surface area contributed by atoms with Crippen molar-refractivity contribution in [2.75, 3.05) is 0 Å². The summed E-state index contributed by atoms with van der Waals surface area (Å²) < 4.78 is 2.32. The van der Waals surface area contributed by atoms with Gasteiger partial charge in [0.25, 0.3) is 0 Å². The van der Waals surface area contributed by atoms with E-state index in [2.05, 4.69) is 199 Å². The Hall–Kier alpha value is -7.29. The van der Waals surface area contributed by atoms with Crippen molar-refractivity contribution in [3.05, 3.63) is 194 Å². The van der Waals surface area contributed by atoms with Gasteiger partial charge in [-0.05, 0) is 130 Å². The quantitative estimate of drug-likeness (QED) is 0.133. The maximum atomic E-state index is 5.15. The summed E-state index contributed by atoms with van der Waals surface area (Å²) >= 11 is 0. The molecule has 2 heterocycles. The van der Waals surface area contributed by atoms with E-state index in [1.54, 1.807) is 0 Å². The topological polar surface area (TPSA) is 17.3 Å². The molecule has 10 aromatic carbocycles. The first-order valence-corrected chi connectivity index (χ1v) is 19.0. The summed E-state index contributed by atoms with van der Waals surface area (Å²) in [6, 6.07) is 71.3. The molecular formula is C53H32N2. The molecule has 0 unspecified atom stereocenters. The molecule has 0 N–H and O–H groups in total. The van der Waals surface area contributed by atoms with Crippen LogP contribution in [0.2, 0.25) is 0 Å². The number of para-hydroxylation sites is 3. The Labute approximate surface area is 317 Å². The van der Waals surface area contributed by atoms with Gasteiger partial charge in [-0.25, -0.2) is 4.98 Å². The fourth-order valence-electron chi connectivity index (χ4n) is 9.16. The summed E-state index contributed by atoms with van der Waals surface area (Å²) in [4.78, 5) is 5.15. The fourth-order valence-corrected chi connectivity index (χ4v) is 9.16. The van der Waals surface area contributed by atoms with Crippen LogP contribution in [0.3, 0.4) is 0 Å². The van der Waals surface area contributed by atoms with Gasteiger partial charge >= 0.3 is 0 Å². The van der Waals surface area contributed by atoms with Crippen molar-refractivity contribution in [2.24, 2.45) is 0 Å². The van der Waals surface area contributed by atoms with E-state index in [1.165, 1.54) is 92.8 Å². The lowest BCUT2D eigenvalue weighted by Crippen LogP contribution is -1.93. The predicted octanol–water partition coefficient (Wildman–Crippen LogP) is 14.4. The van der Waals surface area contributed by atoms with Crippen LogP contribution in [0.1, 0.15) is 0 Å². The minimum Gasteiger partial charge on any atom is -0.292 e. The summed E-state index contributed by atoms with van der Waals surface area (Å²) in [6.45, 7) is 0. The molecule has 0 radical (unpaired) electrons. The molecule has 0 saturated heterocycles. The fraction of sp³-hybridized carbons (Fsp3) is 0. The van der Waals surface area contributed by atoms with Gasteiger partial charge in [0.2, 0.25) is 0 Å². The van der Waals surface area contributed by atoms with E-state index >= 15 is 0 Å². The molecule has 0 spiro atoms. The Morgan fingerprint density at radius 1 is 0.291 bits per heavy atom. The van der Waals surface area contributed by atoms with Crippen LogP contribution < -0.4 is 0 Å². The highest BCUT2D eigenvalue weighted by Crippen LogP contribution is 2.46. The smallest absolute Gasteiger partial charge is 0.146 e. The summed E-state index contributed by atoms with van der Waals surface area (Å²) in [5.41, 5.74) is 11.7. The molecule has 0 amide bonds. The highest BCUT2D eigenvalue weighted by atomic mass is 15.0. The number of aromatic nitrogens is 2. The second-order valence-electron chi connectivity index (χ2n) is 14.7. The van der Waals surface area contributed by atoms with Crippen LogP contribution >= 0.6 is 0 Å². The van der Waals surface area contributed by atoms with Crippen LogP contribution in [0, 0.1) is 0 Å². The number of nitrogens with zero attached hydrogens (tertiary/aromatic N) is 2.